The van der Waals surface area contributed by atoms with Gasteiger partial charge in [-0.25, -0.2) is 0 Å². The average Bonchev–Trinajstić information content (AvgIpc) is 2.96. The normalized spacial score (nSPS) is 12.2. The number of hydrogen-bond donors (Lipinski definition) is 2. The summed E-state index contributed by atoms with van der Waals surface area (Å²) in [5, 5.41) is 4.74. The monoisotopic (exact) mass is 348 g/mol. The molecule has 3 N–H and O–H groups in total. The summed E-state index contributed by atoms with van der Waals surface area (Å²) in [7, 11) is 0. The number of benzene rings is 1. The molecule has 2 aromatic rings. The summed E-state index contributed by atoms with van der Waals surface area (Å²) in [6, 6.07) is 9.85. The number of hydrogen-bond acceptors (Lipinski definition) is 4. The number of primary amides is 1. The minimum atomic E-state index is -0.536. The molecule has 0 aliphatic heterocycles. The van der Waals surface area contributed by atoms with Crippen molar-refractivity contribution in [2.75, 3.05) is 5.32 Å². The first-order valence-electron chi connectivity index (χ1n) is 7.33. The molecule has 0 aliphatic carbocycles. The zero-order valence-corrected chi connectivity index (χ0v) is 15.0. The predicted octanol–water partition coefficient (Wildman–Crippen LogP) is 4.09. The largest absolute Gasteiger partial charge is 0.366 e. The van der Waals surface area contributed by atoms with Crippen molar-refractivity contribution in [1.29, 1.82) is 0 Å². The lowest BCUT2D eigenvalue weighted by Gasteiger charge is -2.12. The minimum absolute atomic E-state index is 0.145. The number of thiophene rings is 1. The van der Waals surface area contributed by atoms with Crippen LogP contribution in [0.4, 0.5) is 5.00 Å². The molecule has 1 atom stereocenters. The van der Waals surface area contributed by atoms with E-state index >= 15 is 0 Å². The summed E-state index contributed by atoms with van der Waals surface area (Å²) in [5.41, 5.74) is 6.91. The van der Waals surface area contributed by atoms with Crippen LogP contribution in [-0.4, -0.2) is 17.1 Å². The quantitative estimate of drug-likeness (QED) is 0.772. The summed E-state index contributed by atoms with van der Waals surface area (Å²) >= 11 is 2.78. The first-order valence-corrected chi connectivity index (χ1v) is 9.09. The fourth-order valence-corrected chi connectivity index (χ4v) is 3.67. The minimum Gasteiger partial charge on any atom is -0.366 e. The van der Waals surface area contributed by atoms with Gasteiger partial charge in [-0.1, -0.05) is 26.0 Å². The molecule has 0 spiro atoms. The van der Waals surface area contributed by atoms with E-state index in [1.807, 2.05) is 19.1 Å². The van der Waals surface area contributed by atoms with Crippen LogP contribution in [0.15, 0.2) is 40.6 Å². The number of nitrogens with one attached hydrogen (secondary N) is 1. The number of carbonyl (C=O) groups is 2. The van der Waals surface area contributed by atoms with E-state index in [4.69, 9.17) is 5.73 Å². The second-order valence-electron chi connectivity index (χ2n) is 5.50. The van der Waals surface area contributed by atoms with Gasteiger partial charge in [0.2, 0.25) is 5.91 Å². The molecule has 2 rings (SSSR count). The van der Waals surface area contributed by atoms with Gasteiger partial charge >= 0.3 is 0 Å². The van der Waals surface area contributed by atoms with E-state index in [9.17, 15) is 9.59 Å². The summed E-state index contributed by atoms with van der Waals surface area (Å²) in [4.78, 5) is 24.6. The molecule has 1 unspecified atom stereocenters. The molecule has 0 fully saturated rings. The Morgan fingerprint density at radius 3 is 2.35 bits per heavy atom. The van der Waals surface area contributed by atoms with Gasteiger partial charge in [0.1, 0.15) is 5.00 Å². The maximum Gasteiger partial charge on any atom is 0.251 e. The third kappa shape index (κ3) is 4.59. The Morgan fingerprint density at radius 2 is 1.78 bits per heavy atom. The molecule has 1 aromatic heterocycles. The number of amides is 2. The Labute approximate surface area is 144 Å². The van der Waals surface area contributed by atoms with Gasteiger partial charge in [0.15, 0.2) is 0 Å². The van der Waals surface area contributed by atoms with Crippen molar-refractivity contribution in [2.24, 2.45) is 5.73 Å². The number of anilines is 1. The van der Waals surface area contributed by atoms with E-state index in [0.29, 0.717) is 16.5 Å². The van der Waals surface area contributed by atoms with E-state index in [0.717, 1.165) is 4.90 Å². The molecule has 2 amide bonds. The summed E-state index contributed by atoms with van der Waals surface area (Å²) in [5.74, 6) is -0.195. The third-order valence-corrected chi connectivity index (χ3v) is 5.34. The molecule has 0 aliphatic rings. The lowest BCUT2D eigenvalue weighted by atomic mass is 10.0. The van der Waals surface area contributed by atoms with E-state index < -0.39 is 5.91 Å². The van der Waals surface area contributed by atoms with Gasteiger partial charge in [0, 0.05) is 4.90 Å². The topological polar surface area (TPSA) is 72.2 Å². The molecule has 23 heavy (non-hydrogen) atoms. The highest BCUT2D eigenvalue weighted by molar-refractivity contribution is 8.00. The Balaban J connectivity index is 1.99. The first-order chi connectivity index (χ1) is 10.9. The summed E-state index contributed by atoms with van der Waals surface area (Å²) < 4.78 is 0. The summed E-state index contributed by atoms with van der Waals surface area (Å²) in [6.45, 7) is 6.14. The van der Waals surface area contributed by atoms with Crippen LogP contribution < -0.4 is 11.1 Å². The number of nitrogens with two attached hydrogens (primary N) is 1. The molecular formula is C17H20N2O2S2. The van der Waals surface area contributed by atoms with Crippen LogP contribution in [0.3, 0.4) is 0 Å². The van der Waals surface area contributed by atoms with Gasteiger partial charge in [-0.05, 0) is 42.0 Å². The second-order valence-corrected chi connectivity index (χ2v) is 7.83. The molecule has 0 radical (unpaired) electrons. The van der Waals surface area contributed by atoms with E-state index in [1.165, 1.54) is 28.7 Å². The first kappa shape index (κ1) is 17.6. The van der Waals surface area contributed by atoms with Gasteiger partial charge < -0.3 is 11.1 Å². The van der Waals surface area contributed by atoms with Gasteiger partial charge in [0.25, 0.3) is 5.91 Å². The molecule has 4 nitrogen and oxygen atoms in total. The Bertz CT molecular complexity index is 693. The molecule has 122 valence electrons. The van der Waals surface area contributed by atoms with Crippen LogP contribution in [0.2, 0.25) is 0 Å². The molecule has 1 heterocycles. The van der Waals surface area contributed by atoms with Crippen LogP contribution in [0.25, 0.3) is 0 Å². The van der Waals surface area contributed by atoms with Crippen molar-refractivity contribution in [3.05, 3.63) is 46.8 Å². The van der Waals surface area contributed by atoms with Gasteiger partial charge in [-0.15, -0.1) is 23.1 Å². The lowest BCUT2D eigenvalue weighted by Crippen LogP contribution is -2.23. The second kappa shape index (κ2) is 7.66. The zero-order valence-electron chi connectivity index (χ0n) is 13.3. The smallest absolute Gasteiger partial charge is 0.251 e. The standard InChI is InChI=1S/C17H20N2O2S2/c1-10(2)12-4-6-13(7-5-12)23-11(3)16(21)19-17-14(15(18)20)8-9-22-17/h4-11H,1-3H3,(H2,18,20)(H,19,21). The number of thioether (sulfide) groups is 1. The van der Waals surface area contributed by atoms with Crippen molar-refractivity contribution >= 4 is 39.9 Å². The van der Waals surface area contributed by atoms with Crippen LogP contribution in [0.1, 0.15) is 42.6 Å². The lowest BCUT2D eigenvalue weighted by molar-refractivity contribution is -0.115. The predicted molar refractivity (Wildman–Crippen MR) is 97.3 cm³/mol. The maximum atomic E-state index is 12.3. The van der Waals surface area contributed by atoms with Crippen molar-refractivity contribution in [3.63, 3.8) is 0 Å². The maximum absolute atomic E-state index is 12.3. The highest BCUT2D eigenvalue weighted by Gasteiger charge is 2.18. The zero-order chi connectivity index (χ0) is 17.0. The van der Waals surface area contributed by atoms with Gasteiger partial charge in [0.05, 0.1) is 10.8 Å². The van der Waals surface area contributed by atoms with Crippen LogP contribution >= 0.6 is 23.1 Å². The Kier molecular flexibility index (Phi) is 5.85. The summed E-state index contributed by atoms with van der Waals surface area (Å²) in [6.07, 6.45) is 0. The van der Waals surface area contributed by atoms with E-state index in [2.05, 4.69) is 31.3 Å². The fourth-order valence-electron chi connectivity index (χ4n) is 2.00. The van der Waals surface area contributed by atoms with Gasteiger partial charge in [-0.3, -0.25) is 9.59 Å². The van der Waals surface area contributed by atoms with Crippen LogP contribution in [-0.2, 0) is 4.79 Å². The van der Waals surface area contributed by atoms with E-state index in [1.54, 1.807) is 11.4 Å². The van der Waals surface area contributed by atoms with Crippen molar-refractivity contribution in [1.82, 2.24) is 0 Å². The highest BCUT2D eigenvalue weighted by Crippen LogP contribution is 2.28. The Morgan fingerprint density at radius 1 is 1.13 bits per heavy atom. The number of rotatable bonds is 6. The molecule has 0 bridgehead atoms. The van der Waals surface area contributed by atoms with Crippen molar-refractivity contribution < 1.29 is 9.59 Å². The molecule has 1 aromatic carbocycles. The van der Waals surface area contributed by atoms with Crippen molar-refractivity contribution in [3.8, 4) is 0 Å². The third-order valence-electron chi connectivity index (χ3n) is 3.40. The SMILES string of the molecule is CC(Sc1ccc(C(C)C)cc1)C(=O)Nc1sccc1C(N)=O. The van der Waals surface area contributed by atoms with Crippen LogP contribution in [0, 0.1) is 0 Å². The molecule has 0 saturated heterocycles. The average molecular weight is 348 g/mol. The highest BCUT2D eigenvalue weighted by atomic mass is 32.2. The van der Waals surface area contributed by atoms with Crippen LogP contribution in [0.5, 0.6) is 0 Å². The molecule has 6 heteroatoms. The molecule has 0 saturated carbocycles. The fraction of sp³-hybridized carbons (Fsp3) is 0.294. The van der Waals surface area contributed by atoms with Crippen molar-refractivity contribution in [2.45, 2.75) is 36.8 Å². The van der Waals surface area contributed by atoms with E-state index in [-0.39, 0.29) is 11.2 Å². The Hall–Kier alpha value is -1.79. The number of carbonyl (C=O) groups excluding carboxylic acids is 2. The molecular weight excluding hydrogens is 328 g/mol. The van der Waals surface area contributed by atoms with Gasteiger partial charge in [-0.2, -0.15) is 0 Å².